The Labute approximate surface area is 128 Å². The Morgan fingerprint density at radius 2 is 2.10 bits per heavy atom. The van der Waals surface area contributed by atoms with E-state index in [1.54, 1.807) is 30.3 Å². The van der Waals surface area contributed by atoms with Crippen LogP contribution in [0, 0.1) is 22.7 Å². The second-order valence-electron chi connectivity index (χ2n) is 3.57. The molecule has 1 heterocycles. The number of aromatic nitrogens is 2. The first kappa shape index (κ1) is 14.8. The van der Waals surface area contributed by atoms with Crippen molar-refractivity contribution in [1.82, 2.24) is 10.1 Å². The molecule has 1 aromatic carbocycles. The smallest absolute Gasteiger partial charge is 0.267 e. The van der Waals surface area contributed by atoms with Crippen LogP contribution in [0.1, 0.15) is 5.89 Å². The number of hydrogen-bond acceptors (Lipinski definition) is 7. The van der Waals surface area contributed by atoms with Gasteiger partial charge in [0.1, 0.15) is 12.1 Å². The van der Waals surface area contributed by atoms with Gasteiger partial charge in [-0.15, -0.1) is 0 Å². The van der Waals surface area contributed by atoms with Gasteiger partial charge < -0.3 is 9.36 Å². The van der Waals surface area contributed by atoms with E-state index in [-0.39, 0.29) is 18.3 Å². The Morgan fingerprint density at radius 1 is 1.33 bits per heavy atom. The molecule has 0 radical (unpaired) electrons. The van der Waals surface area contributed by atoms with Crippen LogP contribution in [0.3, 0.4) is 0 Å². The van der Waals surface area contributed by atoms with Crippen LogP contribution in [0.5, 0.6) is 0 Å². The number of rotatable bonds is 4. The lowest BCUT2D eigenvalue weighted by atomic mass is 10.2. The molecule has 0 atom stereocenters. The molecule has 1 aromatic heterocycles. The highest BCUT2D eigenvalue weighted by molar-refractivity contribution is 6.36. The summed E-state index contributed by atoms with van der Waals surface area (Å²) in [5.74, 6) is 0.384. The van der Waals surface area contributed by atoms with Gasteiger partial charge in [0.25, 0.3) is 11.6 Å². The highest BCUT2D eigenvalue weighted by Crippen LogP contribution is 2.28. The van der Waals surface area contributed by atoms with E-state index in [1.165, 1.54) is 0 Å². The number of benzene rings is 1. The van der Waals surface area contributed by atoms with E-state index in [0.29, 0.717) is 15.6 Å². The molecule has 21 heavy (non-hydrogen) atoms. The van der Waals surface area contributed by atoms with Crippen molar-refractivity contribution in [3.63, 3.8) is 0 Å². The fourth-order valence-corrected chi connectivity index (χ4v) is 1.80. The van der Waals surface area contributed by atoms with Crippen molar-refractivity contribution >= 4 is 28.9 Å². The van der Waals surface area contributed by atoms with Gasteiger partial charge in [0, 0.05) is 10.6 Å². The summed E-state index contributed by atoms with van der Waals surface area (Å²) < 4.78 is 4.94. The maximum atomic E-state index is 8.47. The maximum absolute atomic E-state index is 8.47. The number of nitriles is 2. The molecule has 0 N–H and O–H groups in total. The molecule has 0 aliphatic heterocycles. The van der Waals surface area contributed by atoms with Crippen molar-refractivity contribution in [3.8, 4) is 23.5 Å². The quantitative estimate of drug-likeness (QED) is 0.632. The lowest BCUT2D eigenvalue weighted by Crippen LogP contribution is -1.93. The predicted molar refractivity (Wildman–Crippen MR) is 73.2 cm³/mol. The molecule has 0 amide bonds. The van der Waals surface area contributed by atoms with Gasteiger partial charge in [-0.2, -0.15) is 15.5 Å². The van der Waals surface area contributed by atoms with E-state index >= 15 is 0 Å². The van der Waals surface area contributed by atoms with Crippen molar-refractivity contribution in [2.75, 3.05) is 0 Å². The van der Waals surface area contributed by atoms with Crippen molar-refractivity contribution in [2.24, 2.45) is 5.16 Å². The minimum atomic E-state index is -0.407. The largest absolute Gasteiger partial charge is 0.384 e. The second kappa shape index (κ2) is 6.71. The Hall–Kier alpha value is -2.61. The van der Waals surface area contributed by atoms with Crippen LogP contribution in [0.2, 0.25) is 10.0 Å². The monoisotopic (exact) mass is 321 g/mol. The molecule has 0 bridgehead atoms. The second-order valence-corrected chi connectivity index (χ2v) is 4.42. The number of oxime groups is 1. The van der Waals surface area contributed by atoms with Gasteiger partial charge in [-0.25, -0.2) is 0 Å². The summed E-state index contributed by atoms with van der Waals surface area (Å²) in [4.78, 5) is 8.81. The molecule has 104 valence electrons. The third-order valence-corrected chi connectivity index (χ3v) is 2.74. The van der Waals surface area contributed by atoms with Crippen molar-refractivity contribution in [2.45, 2.75) is 6.61 Å². The average Bonchev–Trinajstić information content (AvgIpc) is 2.92. The number of hydrogen-bond donors (Lipinski definition) is 0. The Bertz CT molecular complexity index is 757. The molecule has 0 saturated heterocycles. The van der Waals surface area contributed by atoms with Gasteiger partial charge in [-0.3, -0.25) is 0 Å². The standard InChI is InChI=1S/C12H5Cl2N5O2/c13-7-1-2-9(10(14)3-7)12-17-11(21-19-12)6-20-18-8(4-15)5-16/h1-3H,6H2. The molecule has 0 aliphatic rings. The molecule has 2 aromatic rings. The fourth-order valence-electron chi connectivity index (χ4n) is 1.31. The molecular formula is C12H5Cl2N5O2. The third kappa shape index (κ3) is 3.69. The summed E-state index contributed by atoms with van der Waals surface area (Å²) >= 11 is 11.8. The van der Waals surface area contributed by atoms with Crippen LogP contribution in [0.25, 0.3) is 11.4 Å². The normalized spacial score (nSPS) is 9.52. The average molecular weight is 322 g/mol. The fraction of sp³-hybridized carbons (Fsp3) is 0.0833. The van der Waals surface area contributed by atoms with Crippen LogP contribution >= 0.6 is 23.2 Å². The van der Waals surface area contributed by atoms with Gasteiger partial charge in [-0.1, -0.05) is 33.5 Å². The van der Waals surface area contributed by atoms with Crippen molar-refractivity contribution < 1.29 is 9.36 Å². The van der Waals surface area contributed by atoms with Gasteiger partial charge in [0.05, 0.1) is 5.02 Å². The summed E-state index contributed by atoms with van der Waals surface area (Å²) in [5, 5.41) is 24.8. The summed E-state index contributed by atoms with van der Waals surface area (Å²) in [6.07, 6.45) is 0. The highest BCUT2D eigenvalue weighted by atomic mass is 35.5. The SMILES string of the molecule is N#CC(C#N)=NOCc1nc(-c2ccc(Cl)cc2Cl)no1. The van der Waals surface area contributed by atoms with E-state index in [1.807, 2.05) is 0 Å². The van der Waals surface area contributed by atoms with E-state index in [0.717, 1.165) is 0 Å². The molecule has 7 nitrogen and oxygen atoms in total. The zero-order valence-corrected chi connectivity index (χ0v) is 11.8. The summed E-state index contributed by atoms with van der Waals surface area (Å²) in [6.45, 7) is -0.176. The van der Waals surface area contributed by atoms with Crippen molar-refractivity contribution in [1.29, 1.82) is 10.5 Å². The van der Waals surface area contributed by atoms with Gasteiger partial charge in [-0.05, 0) is 18.2 Å². The summed E-state index contributed by atoms with van der Waals surface area (Å²) in [5.41, 5.74) is 0.143. The van der Waals surface area contributed by atoms with E-state index in [2.05, 4.69) is 15.3 Å². The van der Waals surface area contributed by atoms with Crippen molar-refractivity contribution in [3.05, 3.63) is 34.1 Å². The van der Waals surface area contributed by atoms with Crippen LogP contribution in [-0.4, -0.2) is 15.9 Å². The van der Waals surface area contributed by atoms with E-state index < -0.39 is 5.71 Å². The molecule has 0 spiro atoms. The molecule has 0 saturated carbocycles. The first-order valence-corrected chi connectivity index (χ1v) is 6.18. The number of halogens is 2. The minimum Gasteiger partial charge on any atom is -0.384 e. The zero-order valence-electron chi connectivity index (χ0n) is 10.2. The molecule has 0 aliphatic carbocycles. The van der Waals surface area contributed by atoms with Gasteiger partial charge in [0.2, 0.25) is 5.82 Å². The topological polar surface area (TPSA) is 108 Å². The molecular weight excluding hydrogens is 317 g/mol. The van der Waals surface area contributed by atoms with Crippen LogP contribution in [0.4, 0.5) is 0 Å². The zero-order chi connectivity index (χ0) is 15.2. The Balaban J connectivity index is 2.10. The minimum absolute atomic E-state index is 0.120. The highest BCUT2D eigenvalue weighted by Gasteiger charge is 2.12. The third-order valence-electron chi connectivity index (χ3n) is 2.20. The lowest BCUT2D eigenvalue weighted by Gasteiger charge is -1.98. The molecule has 0 unspecified atom stereocenters. The Morgan fingerprint density at radius 3 is 2.76 bits per heavy atom. The van der Waals surface area contributed by atoms with Gasteiger partial charge >= 0.3 is 0 Å². The lowest BCUT2D eigenvalue weighted by molar-refractivity contribution is 0.106. The molecule has 0 fully saturated rings. The summed E-state index contributed by atoms with van der Waals surface area (Å²) in [7, 11) is 0. The predicted octanol–water partition coefficient (Wildman–Crippen LogP) is 2.96. The first-order valence-electron chi connectivity index (χ1n) is 5.42. The molecule has 2 rings (SSSR count). The van der Waals surface area contributed by atoms with E-state index in [9.17, 15) is 0 Å². The van der Waals surface area contributed by atoms with E-state index in [4.69, 9.17) is 43.1 Å². The van der Waals surface area contributed by atoms with Crippen LogP contribution in [-0.2, 0) is 11.4 Å². The van der Waals surface area contributed by atoms with Crippen LogP contribution < -0.4 is 0 Å². The maximum Gasteiger partial charge on any atom is 0.267 e. The summed E-state index contributed by atoms with van der Waals surface area (Å²) in [6, 6.07) is 7.95. The molecule has 9 heteroatoms. The first-order chi connectivity index (χ1) is 10.1. The van der Waals surface area contributed by atoms with Gasteiger partial charge in [0.15, 0.2) is 6.61 Å². The Kier molecular flexibility index (Phi) is 4.72. The van der Waals surface area contributed by atoms with Crippen LogP contribution in [0.15, 0.2) is 27.9 Å². The number of nitrogens with zero attached hydrogens (tertiary/aromatic N) is 5.